The first-order valence-electron chi connectivity index (χ1n) is 10.0. The number of aliphatic hydroxyl groups excluding tert-OH is 1. The number of hydrogen-bond donors (Lipinski definition) is 1. The van der Waals surface area contributed by atoms with E-state index in [0.29, 0.717) is 37.8 Å². The molecule has 0 fully saturated rings. The van der Waals surface area contributed by atoms with Crippen molar-refractivity contribution in [3.63, 3.8) is 0 Å². The summed E-state index contributed by atoms with van der Waals surface area (Å²) < 4.78 is 40.5. The van der Waals surface area contributed by atoms with Crippen molar-refractivity contribution in [2.24, 2.45) is 0 Å². The number of benzene rings is 2. The molecule has 3 aromatic rings. The van der Waals surface area contributed by atoms with Gasteiger partial charge in [-0.1, -0.05) is 18.2 Å². The van der Waals surface area contributed by atoms with E-state index in [1.165, 1.54) is 6.07 Å². The van der Waals surface area contributed by atoms with Gasteiger partial charge in [-0.05, 0) is 38.1 Å². The Morgan fingerprint density at radius 1 is 1.16 bits per heavy atom. The number of rotatable bonds is 10. The van der Waals surface area contributed by atoms with Crippen molar-refractivity contribution in [1.29, 1.82) is 0 Å². The van der Waals surface area contributed by atoms with Crippen LogP contribution in [-0.4, -0.2) is 52.7 Å². The van der Waals surface area contributed by atoms with Gasteiger partial charge in [0.05, 0.1) is 29.7 Å². The average molecular weight is 431 g/mol. The van der Waals surface area contributed by atoms with Crippen LogP contribution < -0.4 is 4.74 Å². The Kier molecular flexibility index (Phi) is 7.73. The lowest BCUT2D eigenvalue weighted by Gasteiger charge is -2.23. The monoisotopic (exact) mass is 431 g/mol. The molecule has 31 heavy (non-hydrogen) atoms. The number of hydrogen-bond acceptors (Lipinski definition) is 5. The highest BCUT2D eigenvalue weighted by Gasteiger charge is 2.23. The lowest BCUT2D eigenvalue weighted by molar-refractivity contribution is 0.0934. The molecule has 0 radical (unpaired) electrons. The van der Waals surface area contributed by atoms with Gasteiger partial charge in [-0.15, -0.1) is 0 Å². The first kappa shape index (κ1) is 22.9. The van der Waals surface area contributed by atoms with E-state index in [1.54, 1.807) is 18.7 Å². The second-order valence-corrected chi connectivity index (χ2v) is 7.37. The zero-order chi connectivity index (χ0) is 22.4. The Morgan fingerprint density at radius 2 is 1.90 bits per heavy atom. The number of aliphatic hydroxyl groups is 1. The number of ether oxygens (including phenoxy) is 2. The molecule has 0 spiro atoms. The van der Waals surface area contributed by atoms with E-state index in [4.69, 9.17) is 9.47 Å². The van der Waals surface area contributed by atoms with Crippen LogP contribution in [0.15, 0.2) is 48.5 Å². The van der Waals surface area contributed by atoms with E-state index in [0.717, 1.165) is 23.4 Å². The van der Waals surface area contributed by atoms with Crippen LogP contribution >= 0.6 is 0 Å². The van der Waals surface area contributed by atoms with Crippen LogP contribution in [0.3, 0.4) is 0 Å². The molecule has 6 nitrogen and oxygen atoms in total. The van der Waals surface area contributed by atoms with Gasteiger partial charge in [0.2, 0.25) is 5.88 Å². The fourth-order valence-corrected chi connectivity index (χ4v) is 3.28. The third-order valence-electron chi connectivity index (χ3n) is 4.75. The Labute approximate surface area is 180 Å². The molecule has 0 amide bonds. The molecular weight excluding hydrogens is 404 g/mol. The summed E-state index contributed by atoms with van der Waals surface area (Å²) in [6.45, 7) is 5.46. The molecule has 166 valence electrons. The minimum absolute atomic E-state index is 0.0984. The Hall–Kier alpha value is -2.81. The van der Waals surface area contributed by atoms with E-state index >= 15 is 0 Å². The van der Waals surface area contributed by atoms with E-state index < -0.39 is 17.7 Å². The first-order valence-corrected chi connectivity index (χ1v) is 10.0. The molecule has 0 saturated carbocycles. The lowest BCUT2D eigenvalue weighted by atomic mass is 10.2. The molecule has 0 aliphatic heterocycles. The quantitative estimate of drug-likeness (QED) is 0.524. The molecule has 1 aromatic heterocycles. The maximum atomic E-state index is 14.4. The molecule has 8 heteroatoms. The van der Waals surface area contributed by atoms with Gasteiger partial charge in [-0.25, -0.2) is 13.5 Å². The van der Waals surface area contributed by atoms with E-state index in [1.807, 2.05) is 42.2 Å². The predicted molar refractivity (Wildman–Crippen MR) is 114 cm³/mol. The summed E-state index contributed by atoms with van der Waals surface area (Å²) in [6.07, 6.45) is -0.541. The van der Waals surface area contributed by atoms with Crippen molar-refractivity contribution in [3.05, 3.63) is 71.4 Å². The summed E-state index contributed by atoms with van der Waals surface area (Å²) >= 11 is 0. The van der Waals surface area contributed by atoms with Crippen molar-refractivity contribution >= 4 is 0 Å². The van der Waals surface area contributed by atoms with Crippen LogP contribution in [0.2, 0.25) is 0 Å². The number of halogens is 2. The summed E-state index contributed by atoms with van der Waals surface area (Å²) in [5, 5.41) is 14.5. The molecule has 0 unspecified atom stereocenters. The SMILES string of the molecule is COCCN(Cc1c(C)nn(-c2ccccc2)c1Oc1ccc(F)cc1F)C[C@H](C)O. The van der Waals surface area contributed by atoms with Gasteiger partial charge in [0, 0.05) is 32.8 Å². The van der Waals surface area contributed by atoms with Crippen LogP contribution in [-0.2, 0) is 11.3 Å². The second-order valence-electron chi connectivity index (χ2n) is 7.37. The van der Waals surface area contributed by atoms with Crippen LogP contribution in [0.5, 0.6) is 11.6 Å². The molecular formula is C23H27F2N3O3. The van der Waals surface area contributed by atoms with Crippen LogP contribution in [0, 0.1) is 18.6 Å². The molecule has 0 aliphatic rings. The highest BCUT2D eigenvalue weighted by atomic mass is 19.1. The van der Waals surface area contributed by atoms with Gasteiger partial charge in [-0.2, -0.15) is 5.10 Å². The Balaban J connectivity index is 2.04. The smallest absolute Gasteiger partial charge is 0.227 e. The maximum Gasteiger partial charge on any atom is 0.227 e. The predicted octanol–water partition coefficient (Wildman–Crippen LogP) is 4.08. The van der Waals surface area contributed by atoms with Crippen LogP contribution in [0.25, 0.3) is 5.69 Å². The number of aromatic nitrogens is 2. The molecule has 1 N–H and O–H groups in total. The van der Waals surface area contributed by atoms with Gasteiger partial charge in [0.15, 0.2) is 11.6 Å². The molecule has 0 bridgehead atoms. The zero-order valence-corrected chi connectivity index (χ0v) is 17.9. The Morgan fingerprint density at radius 3 is 2.55 bits per heavy atom. The van der Waals surface area contributed by atoms with Crippen molar-refractivity contribution in [2.45, 2.75) is 26.5 Å². The van der Waals surface area contributed by atoms with Gasteiger partial charge >= 0.3 is 0 Å². The van der Waals surface area contributed by atoms with Gasteiger partial charge in [0.25, 0.3) is 0 Å². The third-order valence-corrected chi connectivity index (χ3v) is 4.75. The topological polar surface area (TPSA) is 59.8 Å². The molecule has 1 atom stereocenters. The van der Waals surface area contributed by atoms with Crippen LogP contribution in [0.1, 0.15) is 18.2 Å². The second kappa shape index (κ2) is 10.5. The summed E-state index contributed by atoms with van der Waals surface area (Å²) in [5.41, 5.74) is 2.19. The van der Waals surface area contributed by atoms with E-state index in [2.05, 4.69) is 5.10 Å². The average Bonchev–Trinajstić information content (AvgIpc) is 3.04. The van der Waals surface area contributed by atoms with Crippen molar-refractivity contribution in [3.8, 4) is 17.3 Å². The minimum Gasteiger partial charge on any atom is -0.435 e. The van der Waals surface area contributed by atoms with E-state index in [9.17, 15) is 13.9 Å². The molecule has 2 aromatic carbocycles. The largest absolute Gasteiger partial charge is 0.435 e. The number of aryl methyl sites for hydroxylation is 1. The van der Waals surface area contributed by atoms with Gasteiger partial charge < -0.3 is 14.6 Å². The molecule has 0 saturated heterocycles. The first-order chi connectivity index (χ1) is 14.9. The van der Waals surface area contributed by atoms with Crippen molar-refractivity contribution in [2.75, 3.05) is 26.8 Å². The standard InChI is InChI=1S/C23H27F2N3O3/c1-16(29)14-27(11-12-30-3)15-20-17(2)26-28(19-7-5-4-6-8-19)23(20)31-22-10-9-18(24)13-21(22)25/h4-10,13,16,29H,11-12,14-15H2,1-3H3/t16-/m0/s1. The van der Waals surface area contributed by atoms with Gasteiger partial charge in [0.1, 0.15) is 5.82 Å². The van der Waals surface area contributed by atoms with Crippen LogP contribution in [0.4, 0.5) is 8.78 Å². The minimum atomic E-state index is -0.801. The number of methoxy groups -OCH3 is 1. The summed E-state index contributed by atoms with van der Waals surface area (Å²) in [6, 6.07) is 12.5. The summed E-state index contributed by atoms with van der Waals surface area (Å²) in [5.74, 6) is -1.24. The zero-order valence-electron chi connectivity index (χ0n) is 17.9. The molecule has 3 rings (SSSR count). The third kappa shape index (κ3) is 5.88. The lowest BCUT2D eigenvalue weighted by Crippen LogP contribution is -2.33. The fourth-order valence-electron chi connectivity index (χ4n) is 3.28. The highest BCUT2D eigenvalue weighted by molar-refractivity contribution is 5.43. The fraction of sp³-hybridized carbons (Fsp3) is 0.348. The van der Waals surface area contributed by atoms with Gasteiger partial charge in [-0.3, -0.25) is 4.90 Å². The molecule has 0 aliphatic carbocycles. The van der Waals surface area contributed by atoms with E-state index in [-0.39, 0.29) is 5.75 Å². The summed E-state index contributed by atoms with van der Waals surface area (Å²) in [4.78, 5) is 2.02. The highest BCUT2D eigenvalue weighted by Crippen LogP contribution is 2.33. The molecule has 1 heterocycles. The van der Waals surface area contributed by atoms with Crippen molar-refractivity contribution < 1.29 is 23.4 Å². The maximum absolute atomic E-state index is 14.4. The van der Waals surface area contributed by atoms with Crippen molar-refractivity contribution in [1.82, 2.24) is 14.7 Å². The Bertz CT molecular complexity index is 993. The summed E-state index contributed by atoms with van der Waals surface area (Å²) in [7, 11) is 1.62. The normalized spacial score (nSPS) is 12.4. The number of para-hydroxylation sites is 1. The number of nitrogens with zero attached hydrogens (tertiary/aromatic N) is 3.